The highest BCUT2D eigenvalue weighted by Gasteiger charge is 2.11. The first-order valence-electron chi connectivity index (χ1n) is 8.53. The maximum Gasteiger partial charge on any atom is 0.287 e. The van der Waals surface area contributed by atoms with Gasteiger partial charge in [0.25, 0.3) is 5.91 Å². The van der Waals surface area contributed by atoms with E-state index in [1.165, 1.54) is 6.26 Å². The van der Waals surface area contributed by atoms with Gasteiger partial charge in [-0.3, -0.25) is 9.79 Å². The summed E-state index contributed by atoms with van der Waals surface area (Å²) in [7, 11) is 3.38. The highest BCUT2D eigenvalue weighted by Crippen LogP contribution is 2.11. The normalized spacial score (nSPS) is 11.1. The van der Waals surface area contributed by atoms with Gasteiger partial charge >= 0.3 is 0 Å². The number of hydrogen-bond donors (Lipinski definition) is 3. The van der Waals surface area contributed by atoms with Crippen LogP contribution in [0.3, 0.4) is 0 Å². The number of aryl methyl sites for hydroxylation is 1. The number of furan rings is 1. The van der Waals surface area contributed by atoms with Crippen LogP contribution in [0.2, 0.25) is 0 Å². The first kappa shape index (κ1) is 19.4. The third-order valence-electron chi connectivity index (χ3n) is 3.84. The predicted octanol–water partition coefficient (Wildman–Crippen LogP) is 2.08. The number of carbonyl (C=O) groups is 1. The average Bonchev–Trinajstić information content (AvgIpc) is 3.10. The molecule has 2 aromatic rings. The van der Waals surface area contributed by atoms with Crippen molar-refractivity contribution in [3.63, 3.8) is 0 Å². The Labute approximate surface area is 153 Å². The van der Waals surface area contributed by atoms with Gasteiger partial charge < -0.3 is 25.1 Å². The number of rotatable bonds is 8. The average molecular weight is 358 g/mol. The lowest BCUT2D eigenvalue weighted by Gasteiger charge is -2.12. The van der Waals surface area contributed by atoms with Gasteiger partial charge in [-0.25, -0.2) is 0 Å². The Morgan fingerprint density at radius 1 is 1.12 bits per heavy atom. The Bertz CT molecular complexity index is 723. The molecule has 0 saturated heterocycles. The number of benzene rings is 1. The Kier molecular flexibility index (Phi) is 7.54. The van der Waals surface area contributed by atoms with Crippen LogP contribution in [0.4, 0.5) is 0 Å². The molecule has 0 atom stereocenters. The van der Waals surface area contributed by atoms with Crippen LogP contribution in [0, 0.1) is 6.92 Å². The third kappa shape index (κ3) is 5.84. The Morgan fingerprint density at radius 2 is 1.85 bits per heavy atom. The van der Waals surface area contributed by atoms with Crippen molar-refractivity contribution in [2.24, 2.45) is 4.99 Å². The number of carbonyl (C=O) groups excluding carboxylic acids is 1. The number of amides is 1. The molecule has 7 nitrogen and oxygen atoms in total. The second-order valence-corrected chi connectivity index (χ2v) is 5.74. The van der Waals surface area contributed by atoms with Crippen LogP contribution < -0.4 is 20.7 Å². The van der Waals surface area contributed by atoms with E-state index in [-0.39, 0.29) is 5.91 Å². The van der Waals surface area contributed by atoms with Crippen molar-refractivity contribution >= 4 is 11.9 Å². The topological polar surface area (TPSA) is 87.9 Å². The van der Waals surface area contributed by atoms with E-state index >= 15 is 0 Å². The Morgan fingerprint density at radius 3 is 2.46 bits per heavy atom. The van der Waals surface area contributed by atoms with Crippen molar-refractivity contribution in [3.05, 3.63) is 53.5 Å². The summed E-state index contributed by atoms with van der Waals surface area (Å²) in [6.45, 7) is 3.76. The molecule has 0 aliphatic heterocycles. The fourth-order valence-electron chi connectivity index (χ4n) is 2.33. The molecule has 2 rings (SSSR count). The molecule has 3 N–H and O–H groups in total. The van der Waals surface area contributed by atoms with Gasteiger partial charge in [-0.1, -0.05) is 12.1 Å². The quantitative estimate of drug-likeness (QED) is 0.382. The molecular weight excluding hydrogens is 332 g/mol. The molecule has 0 unspecified atom stereocenters. The summed E-state index contributed by atoms with van der Waals surface area (Å²) in [6, 6.07) is 9.64. The molecule has 7 heteroatoms. The minimum Gasteiger partial charge on any atom is -0.497 e. The van der Waals surface area contributed by atoms with Gasteiger partial charge in [0, 0.05) is 32.2 Å². The van der Waals surface area contributed by atoms with E-state index < -0.39 is 0 Å². The van der Waals surface area contributed by atoms with Crippen molar-refractivity contribution < 1.29 is 13.9 Å². The minimum atomic E-state index is -0.186. The molecule has 1 amide bonds. The van der Waals surface area contributed by atoms with Gasteiger partial charge in [0.1, 0.15) is 5.75 Å². The molecule has 0 radical (unpaired) electrons. The number of ether oxygens (including phenoxy) is 1. The lowest BCUT2D eigenvalue weighted by atomic mass is 10.2. The van der Waals surface area contributed by atoms with Crippen molar-refractivity contribution in [1.82, 2.24) is 16.0 Å². The first-order chi connectivity index (χ1) is 12.6. The summed E-state index contributed by atoms with van der Waals surface area (Å²) in [4.78, 5) is 16.1. The van der Waals surface area contributed by atoms with Gasteiger partial charge in [0.05, 0.1) is 13.4 Å². The van der Waals surface area contributed by atoms with Crippen LogP contribution in [-0.4, -0.2) is 39.1 Å². The van der Waals surface area contributed by atoms with Crippen molar-refractivity contribution in [3.8, 4) is 5.75 Å². The summed E-state index contributed by atoms with van der Waals surface area (Å²) < 4.78 is 10.3. The second kappa shape index (κ2) is 10.1. The Balaban J connectivity index is 1.64. The zero-order valence-electron chi connectivity index (χ0n) is 15.5. The number of nitrogens with zero attached hydrogens (tertiary/aromatic N) is 1. The smallest absolute Gasteiger partial charge is 0.287 e. The van der Waals surface area contributed by atoms with E-state index in [4.69, 9.17) is 9.15 Å². The molecule has 0 fully saturated rings. The predicted molar refractivity (Wildman–Crippen MR) is 102 cm³/mol. The summed E-state index contributed by atoms with van der Waals surface area (Å²) >= 11 is 0. The van der Waals surface area contributed by atoms with Crippen LogP contribution in [0.1, 0.15) is 28.1 Å². The SMILES string of the molecule is CN=C(NCCCNC(=O)c1occc1C)NCc1ccc(OC)cc1. The van der Waals surface area contributed by atoms with E-state index in [1.54, 1.807) is 20.2 Å². The van der Waals surface area contributed by atoms with E-state index in [0.29, 0.717) is 31.4 Å². The van der Waals surface area contributed by atoms with Gasteiger partial charge in [0.15, 0.2) is 11.7 Å². The minimum absolute atomic E-state index is 0.186. The zero-order chi connectivity index (χ0) is 18.8. The molecule has 0 spiro atoms. The maximum absolute atomic E-state index is 11.9. The van der Waals surface area contributed by atoms with Gasteiger partial charge in [-0.05, 0) is 37.1 Å². The summed E-state index contributed by atoms with van der Waals surface area (Å²) in [5.41, 5.74) is 1.97. The molecule has 140 valence electrons. The number of guanidine groups is 1. The van der Waals surface area contributed by atoms with Crippen LogP contribution >= 0.6 is 0 Å². The highest BCUT2D eigenvalue weighted by molar-refractivity contribution is 5.92. The van der Waals surface area contributed by atoms with E-state index in [1.807, 2.05) is 31.2 Å². The number of aliphatic imine (C=N–C) groups is 1. The molecule has 1 heterocycles. The fraction of sp³-hybridized carbons (Fsp3) is 0.368. The van der Waals surface area contributed by atoms with Gasteiger partial charge in [-0.2, -0.15) is 0 Å². The summed E-state index contributed by atoms with van der Waals surface area (Å²) in [5.74, 6) is 1.74. The van der Waals surface area contributed by atoms with Crippen molar-refractivity contribution in [2.45, 2.75) is 19.9 Å². The third-order valence-corrected chi connectivity index (χ3v) is 3.84. The van der Waals surface area contributed by atoms with Gasteiger partial charge in [0.2, 0.25) is 0 Å². The molecule has 1 aromatic carbocycles. The van der Waals surface area contributed by atoms with Crippen LogP contribution in [0.5, 0.6) is 5.75 Å². The number of hydrogen-bond acceptors (Lipinski definition) is 4. The maximum atomic E-state index is 11.9. The van der Waals surface area contributed by atoms with Crippen LogP contribution in [0.15, 0.2) is 46.0 Å². The summed E-state index contributed by atoms with van der Waals surface area (Å²) in [5, 5.41) is 9.31. The van der Waals surface area contributed by atoms with Crippen LogP contribution in [0.25, 0.3) is 0 Å². The Hall–Kier alpha value is -2.96. The number of nitrogens with one attached hydrogen (secondary N) is 3. The van der Waals surface area contributed by atoms with E-state index in [2.05, 4.69) is 20.9 Å². The summed E-state index contributed by atoms with van der Waals surface area (Å²) in [6.07, 6.45) is 2.29. The monoisotopic (exact) mass is 358 g/mol. The zero-order valence-corrected chi connectivity index (χ0v) is 15.5. The molecule has 1 aromatic heterocycles. The fourth-order valence-corrected chi connectivity index (χ4v) is 2.33. The molecule has 0 saturated carbocycles. The van der Waals surface area contributed by atoms with Crippen molar-refractivity contribution in [2.75, 3.05) is 27.2 Å². The molecular formula is C19H26N4O3. The van der Waals surface area contributed by atoms with Gasteiger partial charge in [-0.15, -0.1) is 0 Å². The van der Waals surface area contributed by atoms with E-state index in [0.717, 1.165) is 23.3 Å². The van der Waals surface area contributed by atoms with Crippen molar-refractivity contribution in [1.29, 1.82) is 0 Å². The molecule has 0 aliphatic rings. The number of methoxy groups -OCH3 is 1. The molecule has 0 aliphatic carbocycles. The van der Waals surface area contributed by atoms with Crippen LogP contribution in [-0.2, 0) is 6.54 Å². The molecule has 26 heavy (non-hydrogen) atoms. The standard InChI is InChI=1S/C19H26N4O3/c1-14-9-12-26-17(14)18(24)21-10-4-11-22-19(20-2)23-13-15-5-7-16(25-3)8-6-15/h5-9,12H,4,10-11,13H2,1-3H3,(H,21,24)(H2,20,22,23). The second-order valence-electron chi connectivity index (χ2n) is 5.74. The largest absolute Gasteiger partial charge is 0.497 e. The van der Waals surface area contributed by atoms with E-state index in [9.17, 15) is 4.79 Å². The lowest BCUT2D eigenvalue weighted by molar-refractivity contribution is 0.0925. The lowest BCUT2D eigenvalue weighted by Crippen LogP contribution is -2.38. The molecule has 0 bridgehead atoms. The highest BCUT2D eigenvalue weighted by atomic mass is 16.5. The first-order valence-corrected chi connectivity index (χ1v) is 8.53.